The van der Waals surface area contributed by atoms with Gasteiger partial charge in [0.25, 0.3) is 19.3 Å². The molecule has 114 heavy (non-hydrogen) atoms. The summed E-state index contributed by atoms with van der Waals surface area (Å²) in [5, 5.41) is 85.4. The van der Waals surface area contributed by atoms with E-state index < -0.39 is 138 Å². The van der Waals surface area contributed by atoms with Crippen molar-refractivity contribution in [3.63, 3.8) is 0 Å². The largest absolute Gasteiger partial charge is 0.495 e. The average Bonchev–Trinajstić information content (AvgIpc) is 1.51. The van der Waals surface area contributed by atoms with Crippen LogP contribution in [0.25, 0.3) is 0 Å². The monoisotopic (exact) mass is 1790 g/mol. The summed E-state index contributed by atoms with van der Waals surface area (Å²) in [6.45, 7) is -1.85. The number of aliphatic hydroxyl groups is 6. The van der Waals surface area contributed by atoms with Crippen LogP contribution in [0.1, 0.15) is 75.3 Å². The number of carbonyl (C=O) groups excluding carboxylic acids is 2. The van der Waals surface area contributed by atoms with Gasteiger partial charge in [0.2, 0.25) is 11.8 Å². The van der Waals surface area contributed by atoms with Gasteiger partial charge in [-0.2, -0.15) is 0 Å². The molecule has 15 atom stereocenters. The third kappa shape index (κ3) is 14.3. The van der Waals surface area contributed by atoms with Crippen LogP contribution in [-0.4, -0.2) is 178 Å². The van der Waals surface area contributed by atoms with Crippen molar-refractivity contribution >= 4 is 78.0 Å². The van der Waals surface area contributed by atoms with Crippen LogP contribution in [0.15, 0.2) is 214 Å². The number of nitrogens with zero attached hydrogens (tertiary/aromatic N) is 5. The number of aliphatic hydroxyl groups excluding tert-OH is 3. The van der Waals surface area contributed by atoms with Crippen LogP contribution in [0, 0.1) is 17.8 Å². The molecule has 6 heterocycles. The molecule has 8 N–H and O–H groups in total. The maximum absolute atomic E-state index is 13.8. The lowest BCUT2D eigenvalue weighted by atomic mass is 9.70. The van der Waals surface area contributed by atoms with E-state index >= 15 is 0 Å². The number of pyridine rings is 3. The molecule has 0 unspecified atom stereocenters. The van der Waals surface area contributed by atoms with E-state index in [1.807, 2.05) is 6.07 Å². The van der Waals surface area contributed by atoms with Gasteiger partial charge in [-0.3, -0.25) is 29.3 Å². The van der Waals surface area contributed by atoms with Crippen LogP contribution in [0.4, 0.5) is 26.3 Å². The molecule has 6 aromatic carbocycles. The Bertz CT molecular complexity index is 4670. The van der Waals surface area contributed by atoms with Crippen molar-refractivity contribution in [1.82, 2.24) is 30.1 Å². The minimum absolute atomic E-state index is 0. The second-order valence-corrected chi connectivity index (χ2v) is 30.3. The molecule has 6 aliphatic rings. The summed E-state index contributed by atoms with van der Waals surface area (Å²) >= 11 is 10.3. The van der Waals surface area contributed by atoms with Gasteiger partial charge in [-0.05, 0) is 76.8 Å². The summed E-state index contributed by atoms with van der Waals surface area (Å²) in [7, 11) is 8.22. The number of rotatable bonds is 18. The van der Waals surface area contributed by atoms with Crippen molar-refractivity contribution in [3.8, 4) is 34.5 Å². The molecular formula is C82H82Br3ClF6N6O16. The van der Waals surface area contributed by atoms with Crippen LogP contribution in [-0.2, 0) is 48.0 Å². The Morgan fingerprint density at radius 2 is 0.719 bits per heavy atom. The third-order valence-corrected chi connectivity index (χ3v) is 23.3. The number of carboxylic acid groups (broad SMARTS) is 1. The summed E-state index contributed by atoms with van der Waals surface area (Å²) in [6.07, 6.45) is -4.45. The molecule has 0 bridgehead atoms. The van der Waals surface area contributed by atoms with Crippen LogP contribution < -0.4 is 33.7 Å². The van der Waals surface area contributed by atoms with E-state index in [1.165, 1.54) is 79.7 Å². The number of alkyl halides is 6. The number of aliphatic carboxylic acids is 1. The summed E-state index contributed by atoms with van der Waals surface area (Å²) in [5.74, 6) is -8.42. The summed E-state index contributed by atoms with van der Waals surface area (Å²) in [4.78, 5) is 54.2. The smallest absolute Gasteiger partial charge is 0.310 e. The number of carboxylic acids is 1. The first kappa shape index (κ1) is 87.4. The standard InChI is InChI=1S/2C27H25BrF2N2O5.C24H20BrNO6.C3H7F2N.CH4.ClH/c2*1-32(14-20(29)30)25(34)21-22(15-6-4-3-5-7-15)27(16-8-10-17(28)11-9-16)26(35,24(21)33)23-18(36-2)12-31-13-19(23)37-27;1-31-16-11-26-12-17-20(16)23(30)21(27)18(22(28)29)19(13-5-3-2-4-6-13)24(23,32-17)14-7-9-15(25)10-8-14;1-6-2-3(4)5;;/h2*3-13,20-22,24,33,35H,14H2,1-2H3;2-12,18-19,21,27,30H,1H3,(H,28,29);3,6H,2H2,1H3;1H4;1H/t2*21-,22-,24-,26+,27+;18-,19-,21-,23+,24+;;;/m111.../s1. The Balaban J connectivity index is 0.000000173. The zero-order chi connectivity index (χ0) is 80.7. The van der Waals surface area contributed by atoms with E-state index in [2.05, 4.69) is 68.1 Å². The summed E-state index contributed by atoms with van der Waals surface area (Å²) < 4.78 is 113. The summed E-state index contributed by atoms with van der Waals surface area (Å²) in [6, 6.07) is 47.7. The second-order valence-electron chi connectivity index (χ2n) is 27.6. The number of methoxy groups -OCH3 is 3. The maximum atomic E-state index is 13.8. The van der Waals surface area contributed by atoms with Gasteiger partial charge in [-0.25, -0.2) is 26.3 Å². The fraction of sp³-hybridized carbons (Fsp3) is 0.341. The van der Waals surface area contributed by atoms with Gasteiger partial charge in [0, 0.05) is 45.3 Å². The number of benzene rings is 6. The van der Waals surface area contributed by atoms with Crippen molar-refractivity contribution < 1.29 is 105 Å². The lowest BCUT2D eigenvalue weighted by Gasteiger charge is -2.40. The molecule has 0 spiro atoms. The van der Waals surface area contributed by atoms with Crippen molar-refractivity contribution in [1.29, 1.82) is 0 Å². The fourth-order valence-corrected chi connectivity index (χ4v) is 18.2. The predicted octanol–water partition coefficient (Wildman–Crippen LogP) is 12.4. The Hall–Kier alpha value is -8.99. The number of carbonyl (C=O) groups is 3. The molecule has 3 aliphatic heterocycles. The van der Waals surface area contributed by atoms with Crippen LogP contribution in [0.3, 0.4) is 0 Å². The average molecular weight is 1800 g/mol. The van der Waals surface area contributed by atoms with Gasteiger partial charge in [0.1, 0.15) is 52.8 Å². The van der Waals surface area contributed by atoms with Gasteiger partial charge in [-0.15, -0.1) is 12.4 Å². The molecule has 0 radical (unpaired) electrons. The van der Waals surface area contributed by atoms with Crippen LogP contribution in [0.5, 0.6) is 34.5 Å². The number of ether oxygens (including phenoxy) is 6. The van der Waals surface area contributed by atoms with Crippen molar-refractivity contribution in [3.05, 3.63) is 264 Å². The maximum Gasteiger partial charge on any atom is 0.310 e. The van der Waals surface area contributed by atoms with Gasteiger partial charge in [0.05, 0.1) is 113 Å². The first-order valence-electron chi connectivity index (χ1n) is 35.0. The number of hydrogen-bond donors (Lipinski definition) is 8. The number of nitrogens with one attached hydrogen (secondary N) is 1. The molecule has 606 valence electrons. The number of fused-ring (bicyclic) bond motifs is 9. The highest BCUT2D eigenvalue weighted by Gasteiger charge is 2.81. The zero-order valence-corrected chi connectivity index (χ0v) is 66.5. The van der Waals surface area contributed by atoms with Gasteiger partial charge in [0.15, 0.2) is 33.6 Å². The van der Waals surface area contributed by atoms with Gasteiger partial charge < -0.3 is 79.3 Å². The van der Waals surface area contributed by atoms with E-state index in [-0.39, 0.29) is 77.6 Å². The van der Waals surface area contributed by atoms with Gasteiger partial charge >= 0.3 is 5.97 Å². The Labute approximate surface area is 683 Å². The van der Waals surface area contributed by atoms with Gasteiger partial charge in [-0.1, -0.05) is 183 Å². The van der Waals surface area contributed by atoms with Crippen molar-refractivity contribution in [2.75, 3.05) is 62.1 Å². The first-order valence-corrected chi connectivity index (χ1v) is 37.3. The lowest BCUT2D eigenvalue weighted by molar-refractivity contribution is -0.159. The zero-order valence-electron chi connectivity index (χ0n) is 61.0. The molecule has 15 rings (SSSR count). The molecule has 3 saturated carbocycles. The number of halogens is 10. The molecule has 22 nitrogen and oxygen atoms in total. The van der Waals surface area contributed by atoms with E-state index in [4.69, 9.17) is 28.4 Å². The fourth-order valence-electron chi connectivity index (χ4n) is 17.4. The molecule has 2 amide bonds. The highest BCUT2D eigenvalue weighted by Crippen LogP contribution is 2.73. The van der Waals surface area contributed by atoms with E-state index in [1.54, 1.807) is 158 Å². The predicted molar refractivity (Wildman–Crippen MR) is 418 cm³/mol. The number of amides is 2. The van der Waals surface area contributed by atoms with E-state index in [0.29, 0.717) is 33.4 Å². The highest BCUT2D eigenvalue weighted by atomic mass is 79.9. The molecule has 32 heteroatoms. The normalized spacial score (nSPS) is 27.2. The topological polar surface area (TPSA) is 305 Å². The highest BCUT2D eigenvalue weighted by molar-refractivity contribution is 9.11. The molecule has 3 fully saturated rings. The molecule has 3 aromatic heterocycles. The minimum Gasteiger partial charge on any atom is -0.495 e. The van der Waals surface area contributed by atoms with Crippen molar-refractivity contribution in [2.24, 2.45) is 17.8 Å². The number of hydrogen-bond acceptors (Lipinski definition) is 19. The molecule has 3 aliphatic carbocycles. The molecule has 9 aromatic rings. The lowest BCUT2D eigenvalue weighted by Crippen LogP contribution is -2.52. The van der Waals surface area contributed by atoms with E-state index in [0.717, 1.165) is 23.2 Å². The summed E-state index contributed by atoms with van der Waals surface area (Å²) in [5.41, 5.74) is -7.83. The third-order valence-electron chi connectivity index (χ3n) is 21.7. The number of aromatic nitrogens is 3. The van der Waals surface area contributed by atoms with Crippen LogP contribution >= 0.6 is 60.2 Å². The van der Waals surface area contributed by atoms with Crippen LogP contribution in [0.2, 0.25) is 0 Å². The Morgan fingerprint density at radius 3 is 0.947 bits per heavy atom. The molecular weight excluding hydrogens is 1710 g/mol. The molecule has 0 saturated heterocycles. The van der Waals surface area contributed by atoms with E-state index in [9.17, 15) is 76.5 Å². The minimum atomic E-state index is -2.77. The second kappa shape index (κ2) is 34.8. The Kier molecular flexibility index (Phi) is 26.7. The SMILES string of the molecule is C.CNCC(F)F.COc1cncc2c1[C@]1(O)[C@H](O)[C@H](C(=O)N(C)CC(F)F)[C@@H](c3ccccc3)[C@]1(c1ccc(Br)cc1)O2.COc1cncc2c1[C@]1(O)[C@H](O)[C@H](C(=O)N(C)CC(F)F)[C@@H](c3ccccc3)[C@]1(c1ccc(Br)cc1)O2.COc1cncc2c1[C@]1(O)[C@H](O)[C@H](C(=O)O)[C@@H](c3ccccc3)[C@]1(c1ccc(Br)cc1)O2.Cl. The van der Waals surface area contributed by atoms with Crippen molar-refractivity contribution in [2.45, 2.75) is 96.4 Å². The quantitative estimate of drug-likeness (QED) is 0.0370. The first-order chi connectivity index (χ1) is 53.5. The Morgan fingerprint density at radius 1 is 0.456 bits per heavy atom.